The van der Waals surface area contributed by atoms with Crippen LogP contribution < -0.4 is 0 Å². The van der Waals surface area contributed by atoms with Gasteiger partial charge in [-0.3, -0.25) is 4.79 Å². The summed E-state index contributed by atoms with van der Waals surface area (Å²) in [7, 11) is 2.07. The molecular formula is C13H23N3O3. The molecule has 0 bridgehead atoms. The third-order valence-electron chi connectivity index (χ3n) is 3.95. The van der Waals surface area contributed by atoms with Gasteiger partial charge in [0.05, 0.1) is 11.8 Å². The van der Waals surface area contributed by atoms with Crippen LogP contribution in [-0.4, -0.2) is 72.6 Å². The summed E-state index contributed by atoms with van der Waals surface area (Å²) in [6.45, 7) is 3.65. The van der Waals surface area contributed by atoms with Gasteiger partial charge in [-0.2, -0.15) is 0 Å². The van der Waals surface area contributed by atoms with E-state index in [2.05, 4.69) is 17.1 Å². The smallest absolute Gasteiger partial charge is 0.248 e. The molecule has 19 heavy (non-hydrogen) atoms. The van der Waals surface area contributed by atoms with E-state index in [-0.39, 0.29) is 18.6 Å². The van der Waals surface area contributed by atoms with Crippen molar-refractivity contribution in [2.75, 3.05) is 39.8 Å². The SMILES string of the molecule is CN1CCN(C(=O)COC2CCC(=NO)CC2)CC1. The molecule has 2 aliphatic rings. The Hall–Kier alpha value is -1.14. The number of hydrogen-bond donors (Lipinski definition) is 1. The summed E-state index contributed by atoms with van der Waals surface area (Å²) < 4.78 is 5.68. The number of amides is 1. The van der Waals surface area contributed by atoms with Crippen LogP contribution in [0.2, 0.25) is 0 Å². The number of piperazine rings is 1. The lowest BCUT2D eigenvalue weighted by Gasteiger charge is -2.33. The average Bonchev–Trinajstić information content (AvgIpc) is 2.46. The van der Waals surface area contributed by atoms with E-state index < -0.39 is 0 Å². The molecule has 6 nitrogen and oxygen atoms in total. The van der Waals surface area contributed by atoms with E-state index in [1.807, 2.05) is 4.90 Å². The van der Waals surface area contributed by atoms with Gasteiger partial charge in [0.25, 0.3) is 0 Å². The number of nitrogens with zero attached hydrogens (tertiary/aromatic N) is 3. The summed E-state index contributed by atoms with van der Waals surface area (Å²) >= 11 is 0. The molecule has 2 fully saturated rings. The average molecular weight is 269 g/mol. The molecule has 0 aromatic rings. The largest absolute Gasteiger partial charge is 0.411 e. The molecule has 0 radical (unpaired) electrons. The zero-order valence-electron chi connectivity index (χ0n) is 11.5. The second-order valence-corrected chi connectivity index (χ2v) is 5.36. The Morgan fingerprint density at radius 1 is 1.32 bits per heavy atom. The van der Waals surface area contributed by atoms with Crippen LogP contribution in [-0.2, 0) is 9.53 Å². The fourth-order valence-corrected chi connectivity index (χ4v) is 2.53. The molecule has 2 rings (SSSR count). The molecule has 0 spiro atoms. The number of ether oxygens (including phenoxy) is 1. The molecule has 0 aromatic heterocycles. The Morgan fingerprint density at radius 2 is 1.95 bits per heavy atom. The van der Waals surface area contributed by atoms with Crippen LogP contribution in [0, 0.1) is 0 Å². The summed E-state index contributed by atoms with van der Waals surface area (Å²) in [5.74, 6) is 0.0923. The second-order valence-electron chi connectivity index (χ2n) is 5.36. The molecule has 1 aliphatic carbocycles. The maximum Gasteiger partial charge on any atom is 0.248 e. The van der Waals surface area contributed by atoms with Crippen LogP contribution in [0.3, 0.4) is 0 Å². The molecule has 6 heteroatoms. The maximum atomic E-state index is 12.0. The molecule has 1 saturated carbocycles. The molecule has 0 atom stereocenters. The van der Waals surface area contributed by atoms with Gasteiger partial charge in [0.15, 0.2) is 0 Å². The number of likely N-dealkylation sites (N-methyl/N-ethyl adjacent to an activating group) is 1. The highest BCUT2D eigenvalue weighted by molar-refractivity contribution is 5.84. The summed E-state index contributed by atoms with van der Waals surface area (Å²) in [6, 6.07) is 0. The third kappa shape index (κ3) is 4.18. The van der Waals surface area contributed by atoms with Crippen LogP contribution in [0.15, 0.2) is 5.16 Å². The monoisotopic (exact) mass is 269 g/mol. The summed E-state index contributed by atoms with van der Waals surface area (Å²) in [6.07, 6.45) is 3.35. The van der Waals surface area contributed by atoms with Gasteiger partial charge in [0, 0.05) is 26.2 Å². The number of carbonyl (C=O) groups excluding carboxylic acids is 1. The van der Waals surface area contributed by atoms with Crippen molar-refractivity contribution >= 4 is 11.6 Å². The molecule has 1 saturated heterocycles. The van der Waals surface area contributed by atoms with Crippen molar-refractivity contribution in [1.82, 2.24) is 9.80 Å². The van der Waals surface area contributed by atoms with Gasteiger partial charge in [-0.05, 0) is 32.7 Å². The Kier molecular flexibility index (Phi) is 5.15. The van der Waals surface area contributed by atoms with E-state index in [4.69, 9.17) is 9.94 Å². The van der Waals surface area contributed by atoms with Crippen LogP contribution in [0.25, 0.3) is 0 Å². The molecule has 1 amide bonds. The van der Waals surface area contributed by atoms with Gasteiger partial charge in [0.2, 0.25) is 5.91 Å². The predicted molar refractivity (Wildman–Crippen MR) is 71.5 cm³/mol. The standard InChI is InChI=1S/C13H23N3O3/c1-15-6-8-16(9-7-15)13(17)10-19-12-4-2-11(14-18)3-5-12/h12,18H,2-10H2,1H3. The number of rotatable bonds is 3. The first-order valence-corrected chi connectivity index (χ1v) is 6.96. The fourth-order valence-electron chi connectivity index (χ4n) is 2.53. The Balaban J connectivity index is 1.66. The first-order chi connectivity index (χ1) is 9.19. The predicted octanol–water partition coefficient (Wildman–Crippen LogP) is 0.550. The maximum absolute atomic E-state index is 12.0. The molecular weight excluding hydrogens is 246 g/mol. The van der Waals surface area contributed by atoms with Gasteiger partial charge in [-0.1, -0.05) is 5.16 Å². The molecule has 1 heterocycles. The molecule has 0 unspecified atom stereocenters. The van der Waals surface area contributed by atoms with Crippen LogP contribution in [0.4, 0.5) is 0 Å². The lowest BCUT2D eigenvalue weighted by Crippen LogP contribution is -2.48. The molecule has 108 valence electrons. The van der Waals surface area contributed by atoms with E-state index >= 15 is 0 Å². The highest BCUT2D eigenvalue weighted by Gasteiger charge is 2.22. The van der Waals surface area contributed by atoms with Crippen molar-refractivity contribution in [3.05, 3.63) is 0 Å². The van der Waals surface area contributed by atoms with Crippen molar-refractivity contribution in [3.8, 4) is 0 Å². The van der Waals surface area contributed by atoms with E-state index in [0.717, 1.165) is 57.6 Å². The van der Waals surface area contributed by atoms with Gasteiger partial charge in [-0.15, -0.1) is 0 Å². The highest BCUT2D eigenvalue weighted by Crippen LogP contribution is 2.19. The number of hydrogen-bond acceptors (Lipinski definition) is 5. The number of oxime groups is 1. The van der Waals surface area contributed by atoms with Gasteiger partial charge >= 0.3 is 0 Å². The minimum absolute atomic E-state index is 0.0923. The van der Waals surface area contributed by atoms with Crippen molar-refractivity contribution in [2.24, 2.45) is 5.16 Å². The zero-order chi connectivity index (χ0) is 13.7. The first-order valence-electron chi connectivity index (χ1n) is 6.96. The van der Waals surface area contributed by atoms with Crippen molar-refractivity contribution in [2.45, 2.75) is 31.8 Å². The molecule has 1 N–H and O–H groups in total. The van der Waals surface area contributed by atoms with Crippen LogP contribution >= 0.6 is 0 Å². The first kappa shape index (κ1) is 14.3. The highest BCUT2D eigenvalue weighted by atomic mass is 16.5. The Bertz CT molecular complexity index is 328. The van der Waals surface area contributed by atoms with Gasteiger partial charge in [-0.25, -0.2) is 0 Å². The van der Waals surface area contributed by atoms with Crippen molar-refractivity contribution < 1.29 is 14.7 Å². The van der Waals surface area contributed by atoms with Crippen LogP contribution in [0.5, 0.6) is 0 Å². The van der Waals surface area contributed by atoms with Gasteiger partial charge < -0.3 is 19.7 Å². The summed E-state index contributed by atoms with van der Waals surface area (Å²) in [5, 5.41) is 11.9. The molecule has 1 aliphatic heterocycles. The zero-order valence-corrected chi connectivity index (χ0v) is 11.5. The number of carbonyl (C=O) groups is 1. The Labute approximate surface area is 114 Å². The summed E-state index contributed by atoms with van der Waals surface area (Å²) in [5.41, 5.74) is 0.838. The van der Waals surface area contributed by atoms with E-state index in [0.29, 0.717) is 0 Å². The third-order valence-corrected chi connectivity index (χ3v) is 3.95. The molecule has 0 aromatic carbocycles. The second kappa shape index (κ2) is 6.86. The quantitative estimate of drug-likeness (QED) is 0.600. The Morgan fingerprint density at radius 3 is 2.53 bits per heavy atom. The minimum Gasteiger partial charge on any atom is -0.411 e. The van der Waals surface area contributed by atoms with E-state index in [1.54, 1.807) is 0 Å². The lowest BCUT2D eigenvalue weighted by molar-refractivity contribution is -0.140. The van der Waals surface area contributed by atoms with E-state index in [1.165, 1.54) is 0 Å². The van der Waals surface area contributed by atoms with Crippen molar-refractivity contribution in [3.63, 3.8) is 0 Å². The van der Waals surface area contributed by atoms with E-state index in [9.17, 15) is 4.79 Å². The van der Waals surface area contributed by atoms with Gasteiger partial charge in [0.1, 0.15) is 6.61 Å². The minimum atomic E-state index is 0.0923. The lowest BCUT2D eigenvalue weighted by atomic mass is 9.96. The van der Waals surface area contributed by atoms with Crippen molar-refractivity contribution in [1.29, 1.82) is 0 Å². The summed E-state index contributed by atoms with van der Waals surface area (Å²) in [4.78, 5) is 16.1. The normalized spacial score (nSPS) is 25.4. The van der Waals surface area contributed by atoms with Crippen LogP contribution in [0.1, 0.15) is 25.7 Å². The topological polar surface area (TPSA) is 65.4 Å². The fraction of sp³-hybridized carbons (Fsp3) is 0.846.